The maximum absolute atomic E-state index is 11.7. The maximum Gasteiger partial charge on any atom is 0.228 e. The highest BCUT2D eigenvalue weighted by Crippen LogP contribution is 2.31. The maximum atomic E-state index is 11.7. The number of nitrogens with two attached hydrogens (primary N) is 1. The molecule has 1 aliphatic rings. The first-order valence-corrected chi connectivity index (χ1v) is 6.60. The van der Waals surface area contributed by atoms with Crippen molar-refractivity contribution in [2.24, 2.45) is 5.14 Å². The SMILES string of the molecule is NS(=O)(=O)C1CC(=O)N(c2ccccc2O)C1. The summed E-state index contributed by atoms with van der Waals surface area (Å²) < 4.78 is 22.4. The molecular formula is C10H12N2O4S. The summed E-state index contributed by atoms with van der Waals surface area (Å²) >= 11 is 0. The highest BCUT2D eigenvalue weighted by molar-refractivity contribution is 7.89. The fourth-order valence-electron chi connectivity index (χ4n) is 1.82. The quantitative estimate of drug-likeness (QED) is 0.764. The predicted octanol–water partition coefficient (Wildman–Crippen LogP) is -0.214. The molecule has 92 valence electrons. The van der Waals surface area contributed by atoms with Crippen molar-refractivity contribution in [3.05, 3.63) is 24.3 Å². The van der Waals surface area contributed by atoms with E-state index >= 15 is 0 Å². The van der Waals surface area contributed by atoms with Crippen molar-refractivity contribution in [3.63, 3.8) is 0 Å². The van der Waals surface area contributed by atoms with Crippen LogP contribution in [0.1, 0.15) is 6.42 Å². The number of sulfonamides is 1. The Kier molecular flexibility index (Phi) is 2.80. The van der Waals surface area contributed by atoms with Crippen molar-refractivity contribution < 1.29 is 18.3 Å². The van der Waals surface area contributed by atoms with Crippen molar-refractivity contribution >= 4 is 21.6 Å². The zero-order valence-electron chi connectivity index (χ0n) is 8.91. The second-order valence-electron chi connectivity index (χ2n) is 3.91. The molecule has 1 aliphatic heterocycles. The van der Waals surface area contributed by atoms with Crippen LogP contribution in [0.15, 0.2) is 24.3 Å². The van der Waals surface area contributed by atoms with Crippen molar-refractivity contribution in [2.75, 3.05) is 11.4 Å². The molecule has 0 aliphatic carbocycles. The fourth-order valence-corrected chi connectivity index (χ4v) is 2.55. The highest BCUT2D eigenvalue weighted by atomic mass is 32.2. The Morgan fingerprint density at radius 2 is 2.00 bits per heavy atom. The Bertz CT molecular complexity index is 555. The molecule has 1 atom stereocenters. The topological polar surface area (TPSA) is 101 Å². The monoisotopic (exact) mass is 256 g/mol. The number of amides is 1. The van der Waals surface area contributed by atoms with Crippen LogP contribution in [0.3, 0.4) is 0 Å². The van der Waals surface area contributed by atoms with E-state index in [-0.39, 0.29) is 24.6 Å². The molecule has 1 aromatic rings. The summed E-state index contributed by atoms with van der Waals surface area (Å²) in [6, 6.07) is 6.27. The molecule has 0 radical (unpaired) electrons. The van der Waals surface area contributed by atoms with Crippen molar-refractivity contribution in [1.29, 1.82) is 0 Å². The molecule has 2 rings (SSSR count). The number of carbonyl (C=O) groups is 1. The Labute approximate surface area is 98.7 Å². The molecule has 0 saturated carbocycles. The van der Waals surface area contributed by atoms with Gasteiger partial charge in [-0.3, -0.25) is 4.79 Å². The molecule has 1 saturated heterocycles. The van der Waals surface area contributed by atoms with E-state index in [1.165, 1.54) is 11.0 Å². The number of phenolic OH excluding ortho intramolecular Hbond substituents is 1. The normalized spacial score (nSPS) is 20.9. The minimum Gasteiger partial charge on any atom is -0.506 e. The average Bonchev–Trinajstić information content (AvgIpc) is 2.61. The van der Waals surface area contributed by atoms with E-state index in [1.54, 1.807) is 18.2 Å². The fraction of sp³-hybridized carbons (Fsp3) is 0.300. The van der Waals surface area contributed by atoms with Crippen LogP contribution >= 0.6 is 0 Å². The number of hydrogen-bond acceptors (Lipinski definition) is 4. The second-order valence-corrected chi connectivity index (χ2v) is 5.75. The number of para-hydroxylation sites is 2. The van der Waals surface area contributed by atoms with E-state index in [2.05, 4.69) is 0 Å². The number of hydrogen-bond donors (Lipinski definition) is 2. The van der Waals surface area contributed by atoms with Gasteiger partial charge in [0.05, 0.1) is 5.69 Å². The number of primary sulfonamides is 1. The largest absolute Gasteiger partial charge is 0.506 e. The Hall–Kier alpha value is -1.60. The molecule has 1 aromatic carbocycles. The number of rotatable bonds is 2. The van der Waals surface area contributed by atoms with Gasteiger partial charge in [0.2, 0.25) is 15.9 Å². The summed E-state index contributed by atoms with van der Waals surface area (Å²) in [6.07, 6.45) is -0.146. The van der Waals surface area contributed by atoms with Gasteiger partial charge in [-0.05, 0) is 12.1 Å². The second kappa shape index (κ2) is 4.01. The molecule has 1 amide bonds. The number of anilines is 1. The molecule has 3 N–H and O–H groups in total. The number of benzene rings is 1. The van der Waals surface area contributed by atoms with Crippen LogP contribution in [-0.2, 0) is 14.8 Å². The molecular weight excluding hydrogens is 244 g/mol. The summed E-state index contributed by atoms with van der Waals surface area (Å²) in [5.41, 5.74) is 0.309. The van der Waals surface area contributed by atoms with Crippen molar-refractivity contribution in [1.82, 2.24) is 0 Å². The Morgan fingerprint density at radius 3 is 2.53 bits per heavy atom. The summed E-state index contributed by atoms with van der Waals surface area (Å²) in [6.45, 7) is -0.0186. The van der Waals surface area contributed by atoms with E-state index < -0.39 is 15.3 Å². The summed E-state index contributed by atoms with van der Waals surface area (Å²) in [5.74, 6) is -0.415. The molecule has 0 bridgehead atoms. The van der Waals surface area contributed by atoms with Gasteiger partial charge < -0.3 is 10.0 Å². The van der Waals surface area contributed by atoms with Gasteiger partial charge in [-0.25, -0.2) is 13.6 Å². The van der Waals surface area contributed by atoms with Crippen LogP contribution < -0.4 is 10.0 Å². The van der Waals surface area contributed by atoms with Gasteiger partial charge >= 0.3 is 0 Å². The molecule has 7 heteroatoms. The van der Waals surface area contributed by atoms with Gasteiger partial charge in [0.1, 0.15) is 11.0 Å². The lowest BCUT2D eigenvalue weighted by atomic mass is 10.2. The standard InChI is InChI=1S/C10H12N2O4S/c11-17(15,16)7-5-10(14)12(6-7)8-3-1-2-4-9(8)13/h1-4,7,13H,5-6H2,(H2,11,15,16). The molecule has 6 nitrogen and oxygen atoms in total. The van der Waals surface area contributed by atoms with Crippen LogP contribution in [0.5, 0.6) is 5.75 Å². The Morgan fingerprint density at radius 1 is 1.35 bits per heavy atom. The van der Waals surface area contributed by atoms with Crippen molar-refractivity contribution in [2.45, 2.75) is 11.7 Å². The van der Waals surface area contributed by atoms with Gasteiger partial charge in [0.15, 0.2) is 0 Å². The van der Waals surface area contributed by atoms with Crippen LogP contribution in [0.2, 0.25) is 0 Å². The first kappa shape index (κ1) is 11.9. The van der Waals surface area contributed by atoms with Crippen molar-refractivity contribution in [3.8, 4) is 5.75 Å². The Balaban J connectivity index is 2.31. The molecule has 0 spiro atoms. The van der Waals surface area contributed by atoms with E-state index in [0.717, 1.165) is 0 Å². The lowest BCUT2D eigenvalue weighted by molar-refractivity contribution is -0.117. The minimum absolute atomic E-state index is 0.0186. The number of nitrogens with zero attached hydrogens (tertiary/aromatic N) is 1. The molecule has 0 aromatic heterocycles. The lowest BCUT2D eigenvalue weighted by Gasteiger charge is -2.17. The van der Waals surface area contributed by atoms with Gasteiger partial charge in [-0.1, -0.05) is 12.1 Å². The molecule has 1 fully saturated rings. The van der Waals surface area contributed by atoms with Crippen LogP contribution in [0, 0.1) is 0 Å². The third kappa shape index (κ3) is 2.25. The summed E-state index contributed by atoms with van der Waals surface area (Å²) in [4.78, 5) is 12.9. The van der Waals surface area contributed by atoms with Gasteiger partial charge in [0, 0.05) is 13.0 Å². The minimum atomic E-state index is -3.73. The molecule has 1 unspecified atom stereocenters. The number of aromatic hydroxyl groups is 1. The first-order valence-electron chi connectivity index (χ1n) is 4.99. The van der Waals surface area contributed by atoms with Crippen LogP contribution in [0.25, 0.3) is 0 Å². The molecule has 1 heterocycles. The predicted molar refractivity (Wildman–Crippen MR) is 62.0 cm³/mol. The third-order valence-corrected chi connectivity index (χ3v) is 3.97. The molecule has 17 heavy (non-hydrogen) atoms. The summed E-state index contributed by atoms with van der Waals surface area (Å²) in [5, 5.41) is 13.7. The van der Waals surface area contributed by atoms with Crippen LogP contribution in [-0.4, -0.2) is 31.2 Å². The van der Waals surface area contributed by atoms with Gasteiger partial charge in [-0.2, -0.15) is 0 Å². The number of phenols is 1. The first-order chi connectivity index (χ1) is 7.89. The smallest absolute Gasteiger partial charge is 0.228 e. The summed E-state index contributed by atoms with van der Waals surface area (Å²) in [7, 11) is -3.73. The highest BCUT2D eigenvalue weighted by Gasteiger charge is 2.37. The van der Waals surface area contributed by atoms with Gasteiger partial charge in [-0.15, -0.1) is 0 Å². The van der Waals surface area contributed by atoms with E-state index in [4.69, 9.17) is 5.14 Å². The van der Waals surface area contributed by atoms with E-state index in [0.29, 0.717) is 5.69 Å². The third-order valence-electron chi connectivity index (χ3n) is 2.73. The zero-order chi connectivity index (χ0) is 12.6. The van der Waals surface area contributed by atoms with E-state index in [1.807, 2.05) is 0 Å². The van der Waals surface area contributed by atoms with Gasteiger partial charge in [0.25, 0.3) is 0 Å². The average molecular weight is 256 g/mol. The zero-order valence-corrected chi connectivity index (χ0v) is 9.72. The number of carbonyl (C=O) groups excluding carboxylic acids is 1. The van der Waals surface area contributed by atoms with E-state index in [9.17, 15) is 18.3 Å². The van der Waals surface area contributed by atoms with Crippen LogP contribution in [0.4, 0.5) is 5.69 Å². The lowest BCUT2D eigenvalue weighted by Crippen LogP contribution is -2.32.